The smallest absolute Gasteiger partial charge is 0.283 e. The molecule has 4 rings (SSSR count). The van der Waals surface area contributed by atoms with E-state index in [1.54, 1.807) is 54.6 Å². The van der Waals surface area contributed by atoms with E-state index in [1.807, 2.05) is 0 Å². The maximum absolute atomic E-state index is 13.1. The summed E-state index contributed by atoms with van der Waals surface area (Å²) in [6.45, 7) is 0. The van der Waals surface area contributed by atoms with Crippen molar-refractivity contribution in [3.8, 4) is 17.2 Å². The molecule has 1 aliphatic heterocycles. The Labute approximate surface area is 222 Å². The van der Waals surface area contributed by atoms with E-state index in [9.17, 15) is 14.4 Å². The van der Waals surface area contributed by atoms with Gasteiger partial charge in [-0.2, -0.15) is 0 Å². The second-order valence-corrected chi connectivity index (χ2v) is 8.49. The lowest BCUT2D eigenvalue weighted by Gasteiger charge is -2.18. The molecule has 190 valence electrons. The first kappa shape index (κ1) is 25.9. The van der Waals surface area contributed by atoms with Gasteiger partial charge in [-0.05, 0) is 54.6 Å². The molecule has 3 aromatic carbocycles. The molecule has 0 aromatic heterocycles. The average molecular weight is 542 g/mol. The monoisotopic (exact) mass is 541 g/mol. The van der Waals surface area contributed by atoms with Crippen LogP contribution in [0.2, 0.25) is 5.02 Å². The van der Waals surface area contributed by atoms with Crippen molar-refractivity contribution in [1.29, 1.82) is 0 Å². The highest BCUT2D eigenvalue weighted by Gasteiger charge is 2.40. The molecule has 0 saturated heterocycles. The Bertz CT molecular complexity index is 1420. The third-order valence-electron chi connectivity index (χ3n) is 5.48. The Kier molecular flexibility index (Phi) is 7.56. The molecule has 1 aliphatic rings. The Hall–Kier alpha value is -4.21. The predicted octanol–water partition coefficient (Wildman–Crippen LogP) is 5.05. The summed E-state index contributed by atoms with van der Waals surface area (Å²) in [4.78, 5) is 39.6. The number of anilines is 3. The molecule has 9 nitrogen and oxygen atoms in total. The van der Waals surface area contributed by atoms with Gasteiger partial charge in [0.2, 0.25) is 0 Å². The highest BCUT2D eigenvalue weighted by atomic mass is 35.5. The Morgan fingerprint density at radius 2 is 1.51 bits per heavy atom. The van der Waals surface area contributed by atoms with E-state index in [0.717, 1.165) is 4.90 Å². The summed E-state index contributed by atoms with van der Waals surface area (Å²) in [6, 6.07) is 15.8. The normalized spacial score (nSPS) is 13.1. The highest BCUT2D eigenvalue weighted by Crippen LogP contribution is 2.37. The van der Waals surface area contributed by atoms with Gasteiger partial charge in [0, 0.05) is 22.3 Å². The molecule has 0 atom stereocenters. The summed E-state index contributed by atoms with van der Waals surface area (Å²) in [6.07, 6.45) is 0. The third-order valence-corrected chi connectivity index (χ3v) is 6.07. The number of carbonyl (C=O) groups excluding carboxylic acids is 3. The van der Waals surface area contributed by atoms with Crippen molar-refractivity contribution < 1.29 is 28.6 Å². The molecule has 0 saturated carbocycles. The number of nitrogens with one attached hydrogen (secondary N) is 2. The van der Waals surface area contributed by atoms with Gasteiger partial charge in [-0.25, -0.2) is 4.90 Å². The summed E-state index contributed by atoms with van der Waals surface area (Å²) in [7, 11) is 4.39. The van der Waals surface area contributed by atoms with Crippen molar-refractivity contribution in [3.05, 3.63) is 82.0 Å². The summed E-state index contributed by atoms with van der Waals surface area (Å²) in [5, 5.41) is 5.78. The Morgan fingerprint density at radius 3 is 2.16 bits per heavy atom. The van der Waals surface area contributed by atoms with Crippen molar-refractivity contribution in [2.45, 2.75) is 0 Å². The minimum absolute atomic E-state index is 0.106. The molecule has 11 heteroatoms. The van der Waals surface area contributed by atoms with Gasteiger partial charge >= 0.3 is 0 Å². The molecular formula is C26H21Cl2N3O6. The van der Waals surface area contributed by atoms with Gasteiger partial charge in [0.05, 0.1) is 32.7 Å². The fraction of sp³-hybridized carbons (Fsp3) is 0.115. The molecule has 1 heterocycles. The van der Waals surface area contributed by atoms with Crippen molar-refractivity contribution in [2.75, 3.05) is 36.9 Å². The van der Waals surface area contributed by atoms with Crippen molar-refractivity contribution in [1.82, 2.24) is 0 Å². The van der Waals surface area contributed by atoms with Gasteiger partial charge in [-0.3, -0.25) is 14.4 Å². The van der Waals surface area contributed by atoms with E-state index < -0.39 is 17.7 Å². The quantitative estimate of drug-likeness (QED) is 0.384. The number of ether oxygens (including phenoxy) is 3. The lowest BCUT2D eigenvalue weighted by Crippen LogP contribution is -2.32. The van der Waals surface area contributed by atoms with E-state index in [1.165, 1.54) is 27.4 Å². The van der Waals surface area contributed by atoms with Crippen LogP contribution in [-0.2, 0) is 9.59 Å². The van der Waals surface area contributed by atoms with E-state index >= 15 is 0 Å². The van der Waals surface area contributed by atoms with Crippen LogP contribution in [0.4, 0.5) is 17.1 Å². The lowest BCUT2D eigenvalue weighted by molar-refractivity contribution is -0.120. The number of methoxy groups -OCH3 is 3. The third kappa shape index (κ3) is 5.18. The summed E-state index contributed by atoms with van der Waals surface area (Å²) in [5.41, 5.74) is 1.31. The van der Waals surface area contributed by atoms with Gasteiger partial charge in [0.25, 0.3) is 17.7 Å². The van der Waals surface area contributed by atoms with Crippen LogP contribution >= 0.6 is 23.2 Å². The number of hydrogen-bond donors (Lipinski definition) is 2. The average Bonchev–Trinajstić information content (AvgIpc) is 3.11. The van der Waals surface area contributed by atoms with E-state index in [0.29, 0.717) is 33.5 Å². The van der Waals surface area contributed by atoms with Gasteiger partial charge in [0.15, 0.2) is 0 Å². The molecular weight excluding hydrogens is 521 g/mol. The van der Waals surface area contributed by atoms with Crippen LogP contribution in [0.15, 0.2) is 71.4 Å². The number of nitrogens with zero attached hydrogens (tertiary/aromatic N) is 1. The van der Waals surface area contributed by atoms with Gasteiger partial charge in [0.1, 0.15) is 28.0 Å². The molecule has 0 bridgehead atoms. The second kappa shape index (κ2) is 10.8. The van der Waals surface area contributed by atoms with E-state index in [4.69, 9.17) is 37.4 Å². The van der Waals surface area contributed by atoms with Crippen LogP contribution in [0.25, 0.3) is 0 Å². The molecule has 0 spiro atoms. The minimum atomic E-state index is -0.705. The SMILES string of the molecule is COc1ccc(N2C(=O)C(Cl)=C(Nc3ccc(C(=O)Nc4cc(Cl)ccc4OC)cc3)C2=O)c(OC)c1. The van der Waals surface area contributed by atoms with Crippen molar-refractivity contribution >= 4 is 58.0 Å². The maximum Gasteiger partial charge on any atom is 0.283 e. The van der Waals surface area contributed by atoms with Gasteiger partial charge in [-0.1, -0.05) is 23.2 Å². The first-order valence-electron chi connectivity index (χ1n) is 10.8. The number of hydrogen-bond acceptors (Lipinski definition) is 7. The van der Waals surface area contributed by atoms with Gasteiger partial charge < -0.3 is 24.8 Å². The number of halogens is 2. The zero-order valence-electron chi connectivity index (χ0n) is 19.9. The minimum Gasteiger partial charge on any atom is -0.497 e. The maximum atomic E-state index is 13.1. The molecule has 37 heavy (non-hydrogen) atoms. The molecule has 0 aliphatic carbocycles. The zero-order chi connectivity index (χ0) is 26.7. The predicted molar refractivity (Wildman–Crippen MR) is 141 cm³/mol. The summed E-state index contributed by atoms with van der Waals surface area (Å²) < 4.78 is 15.7. The van der Waals surface area contributed by atoms with Gasteiger partial charge in [-0.15, -0.1) is 0 Å². The first-order chi connectivity index (χ1) is 17.8. The molecule has 0 radical (unpaired) electrons. The molecule has 3 aromatic rings. The summed E-state index contributed by atoms with van der Waals surface area (Å²) in [5.74, 6) is -0.541. The number of benzene rings is 3. The standard InChI is InChI=1S/C26H21Cl2N3O6/c1-35-17-9-10-19(21(13-17)37-3)31-25(33)22(28)23(26(31)34)29-16-7-4-14(5-8-16)24(32)30-18-12-15(27)6-11-20(18)36-2/h4-13,29H,1-3H3,(H,30,32). The fourth-order valence-electron chi connectivity index (χ4n) is 3.62. The number of imide groups is 1. The largest absolute Gasteiger partial charge is 0.497 e. The van der Waals surface area contributed by atoms with Crippen LogP contribution in [0.3, 0.4) is 0 Å². The van der Waals surface area contributed by atoms with E-state index in [2.05, 4.69) is 10.6 Å². The van der Waals surface area contributed by atoms with Crippen LogP contribution in [0, 0.1) is 0 Å². The number of amides is 3. The summed E-state index contributed by atoms with van der Waals surface area (Å²) >= 11 is 12.3. The van der Waals surface area contributed by atoms with Crippen LogP contribution < -0.4 is 29.7 Å². The molecule has 2 N–H and O–H groups in total. The van der Waals surface area contributed by atoms with Crippen LogP contribution in [0.5, 0.6) is 17.2 Å². The Morgan fingerprint density at radius 1 is 0.811 bits per heavy atom. The molecule has 3 amide bonds. The van der Waals surface area contributed by atoms with Crippen molar-refractivity contribution in [2.24, 2.45) is 0 Å². The van der Waals surface area contributed by atoms with Crippen LogP contribution in [-0.4, -0.2) is 39.1 Å². The topological polar surface area (TPSA) is 106 Å². The molecule has 0 unspecified atom stereocenters. The number of carbonyl (C=O) groups is 3. The highest BCUT2D eigenvalue weighted by molar-refractivity contribution is 6.53. The fourth-order valence-corrected chi connectivity index (χ4v) is 4.01. The Balaban J connectivity index is 1.51. The molecule has 0 fully saturated rings. The second-order valence-electron chi connectivity index (χ2n) is 7.67. The van der Waals surface area contributed by atoms with E-state index in [-0.39, 0.29) is 22.2 Å². The lowest BCUT2D eigenvalue weighted by atomic mass is 10.1. The van der Waals surface area contributed by atoms with Crippen LogP contribution in [0.1, 0.15) is 10.4 Å². The first-order valence-corrected chi connectivity index (χ1v) is 11.6. The zero-order valence-corrected chi connectivity index (χ0v) is 21.4. The van der Waals surface area contributed by atoms with Crippen molar-refractivity contribution in [3.63, 3.8) is 0 Å². The number of rotatable bonds is 8.